The van der Waals surface area contributed by atoms with E-state index in [0.717, 1.165) is 24.5 Å². The minimum absolute atomic E-state index is 0.709. The molecule has 0 aliphatic rings. The maximum absolute atomic E-state index is 9.10. The van der Waals surface area contributed by atoms with Gasteiger partial charge in [-0.15, -0.1) is 0 Å². The van der Waals surface area contributed by atoms with Crippen molar-refractivity contribution in [3.05, 3.63) is 23.8 Å². The normalized spacial score (nSPS) is 9.29. The van der Waals surface area contributed by atoms with Gasteiger partial charge >= 0.3 is 11.9 Å². The summed E-state index contributed by atoms with van der Waals surface area (Å²) in [5, 5.41) is 17.9. The second-order valence-corrected chi connectivity index (χ2v) is 4.07. The minimum Gasteiger partial charge on any atom is -0.493 e. The highest BCUT2D eigenvalue weighted by molar-refractivity contribution is 6.27. The molecule has 0 aliphatic heterocycles. The first kappa shape index (κ1) is 18.7. The Hall–Kier alpha value is -2.28. The zero-order valence-corrected chi connectivity index (χ0v) is 12.4. The molecule has 7 nitrogen and oxygen atoms in total. The summed E-state index contributed by atoms with van der Waals surface area (Å²) in [6.45, 7) is 3.71. The second kappa shape index (κ2) is 10.5. The van der Waals surface area contributed by atoms with Gasteiger partial charge in [0.05, 0.1) is 13.7 Å². The van der Waals surface area contributed by atoms with Gasteiger partial charge < -0.3 is 25.0 Å². The van der Waals surface area contributed by atoms with Crippen LogP contribution in [0.15, 0.2) is 18.2 Å². The lowest BCUT2D eigenvalue weighted by Crippen LogP contribution is -2.11. The van der Waals surface area contributed by atoms with Gasteiger partial charge in [-0.25, -0.2) is 9.59 Å². The number of aliphatic carboxylic acids is 2. The lowest BCUT2D eigenvalue weighted by molar-refractivity contribution is -0.159. The average molecular weight is 299 g/mol. The molecule has 0 amide bonds. The van der Waals surface area contributed by atoms with Crippen molar-refractivity contribution >= 4 is 11.9 Å². The SMILES string of the molecule is CNCCCOc1ccc(C)cc1OC.O=C(O)C(=O)O. The predicted molar refractivity (Wildman–Crippen MR) is 77.0 cm³/mol. The zero-order chi connectivity index (χ0) is 16.3. The first-order valence-electron chi connectivity index (χ1n) is 6.30. The molecule has 0 bridgehead atoms. The lowest BCUT2D eigenvalue weighted by atomic mass is 10.2. The van der Waals surface area contributed by atoms with Crippen LogP contribution in [0, 0.1) is 6.92 Å². The van der Waals surface area contributed by atoms with E-state index in [1.54, 1.807) is 7.11 Å². The Morgan fingerprint density at radius 2 is 1.81 bits per heavy atom. The largest absolute Gasteiger partial charge is 0.493 e. The maximum atomic E-state index is 9.10. The van der Waals surface area contributed by atoms with E-state index in [1.807, 2.05) is 32.2 Å². The second-order valence-electron chi connectivity index (χ2n) is 4.07. The van der Waals surface area contributed by atoms with E-state index in [9.17, 15) is 0 Å². The number of hydrogen-bond donors (Lipinski definition) is 3. The fourth-order valence-electron chi connectivity index (χ4n) is 1.33. The molecule has 0 radical (unpaired) electrons. The van der Waals surface area contributed by atoms with Gasteiger partial charge in [-0.1, -0.05) is 6.07 Å². The van der Waals surface area contributed by atoms with E-state index in [2.05, 4.69) is 5.32 Å². The molecule has 0 atom stereocenters. The highest BCUT2D eigenvalue weighted by Gasteiger charge is 2.04. The van der Waals surface area contributed by atoms with Crippen LogP contribution in [-0.2, 0) is 9.59 Å². The highest BCUT2D eigenvalue weighted by atomic mass is 16.5. The maximum Gasteiger partial charge on any atom is 0.414 e. The van der Waals surface area contributed by atoms with Crippen molar-refractivity contribution in [3.8, 4) is 11.5 Å². The number of rotatable bonds is 6. The van der Waals surface area contributed by atoms with Crippen LogP contribution in [0.3, 0.4) is 0 Å². The fourth-order valence-corrected chi connectivity index (χ4v) is 1.33. The molecule has 0 saturated heterocycles. The van der Waals surface area contributed by atoms with Gasteiger partial charge in [-0.3, -0.25) is 0 Å². The van der Waals surface area contributed by atoms with Gasteiger partial charge in [0.15, 0.2) is 11.5 Å². The van der Waals surface area contributed by atoms with Crippen molar-refractivity contribution < 1.29 is 29.3 Å². The van der Waals surface area contributed by atoms with Crippen LogP contribution in [-0.4, -0.2) is 49.5 Å². The molecule has 0 unspecified atom stereocenters. The Balaban J connectivity index is 0.000000567. The number of carbonyl (C=O) groups is 2. The number of hydrogen-bond acceptors (Lipinski definition) is 5. The smallest absolute Gasteiger partial charge is 0.414 e. The molecule has 0 spiro atoms. The molecular weight excluding hydrogens is 278 g/mol. The number of ether oxygens (including phenoxy) is 2. The van der Waals surface area contributed by atoms with Crippen molar-refractivity contribution in [2.24, 2.45) is 0 Å². The standard InChI is InChI=1S/C12H19NO2.C2H2O4/c1-10-5-6-11(12(9-10)14-3)15-8-4-7-13-2;3-1(4)2(5)6/h5-6,9,13H,4,7-8H2,1-3H3;(H,3,4)(H,5,6). The van der Waals surface area contributed by atoms with Crippen LogP contribution in [0.25, 0.3) is 0 Å². The number of benzene rings is 1. The first-order valence-corrected chi connectivity index (χ1v) is 6.30. The van der Waals surface area contributed by atoms with Gasteiger partial charge in [0.25, 0.3) is 0 Å². The third-order valence-corrected chi connectivity index (χ3v) is 2.33. The molecule has 0 heterocycles. The quantitative estimate of drug-likeness (QED) is 0.534. The van der Waals surface area contributed by atoms with E-state index in [4.69, 9.17) is 29.3 Å². The molecule has 3 N–H and O–H groups in total. The summed E-state index contributed by atoms with van der Waals surface area (Å²) in [5.74, 6) is -2.02. The van der Waals surface area contributed by atoms with Crippen LogP contribution < -0.4 is 14.8 Å². The number of carboxylic acid groups (broad SMARTS) is 2. The molecule has 1 rings (SSSR count). The van der Waals surface area contributed by atoms with E-state index in [0.29, 0.717) is 6.61 Å². The Kier molecular flexibility index (Phi) is 9.36. The van der Waals surface area contributed by atoms with Gasteiger partial charge in [0.2, 0.25) is 0 Å². The number of nitrogens with one attached hydrogen (secondary N) is 1. The van der Waals surface area contributed by atoms with Crippen molar-refractivity contribution in [2.75, 3.05) is 27.3 Å². The van der Waals surface area contributed by atoms with E-state index < -0.39 is 11.9 Å². The molecule has 0 saturated carbocycles. The molecule has 7 heteroatoms. The van der Waals surface area contributed by atoms with Crippen LogP contribution in [0.2, 0.25) is 0 Å². The van der Waals surface area contributed by atoms with Crippen molar-refractivity contribution in [1.29, 1.82) is 0 Å². The van der Waals surface area contributed by atoms with E-state index >= 15 is 0 Å². The van der Waals surface area contributed by atoms with Crippen molar-refractivity contribution in [1.82, 2.24) is 5.32 Å². The molecule has 1 aromatic carbocycles. The topological polar surface area (TPSA) is 105 Å². The molecule has 118 valence electrons. The van der Waals surface area contributed by atoms with Crippen LogP contribution in [0.4, 0.5) is 0 Å². The highest BCUT2D eigenvalue weighted by Crippen LogP contribution is 2.27. The zero-order valence-electron chi connectivity index (χ0n) is 12.4. The number of carboxylic acids is 2. The predicted octanol–water partition coefficient (Wildman–Crippen LogP) is 1.15. The summed E-state index contributed by atoms with van der Waals surface area (Å²) < 4.78 is 10.9. The van der Waals surface area contributed by atoms with Crippen LogP contribution in [0.1, 0.15) is 12.0 Å². The van der Waals surface area contributed by atoms with Gasteiger partial charge in [0, 0.05) is 0 Å². The van der Waals surface area contributed by atoms with Crippen LogP contribution >= 0.6 is 0 Å². The van der Waals surface area contributed by atoms with Crippen molar-refractivity contribution in [3.63, 3.8) is 0 Å². The Morgan fingerprint density at radius 3 is 2.29 bits per heavy atom. The first-order chi connectivity index (χ1) is 9.92. The molecule has 1 aromatic rings. The summed E-state index contributed by atoms with van der Waals surface area (Å²) in [7, 11) is 3.60. The Bertz CT molecular complexity index is 449. The van der Waals surface area contributed by atoms with Crippen LogP contribution in [0.5, 0.6) is 11.5 Å². The summed E-state index contributed by atoms with van der Waals surface area (Å²) >= 11 is 0. The molecular formula is C14H21NO6. The summed E-state index contributed by atoms with van der Waals surface area (Å²) in [5.41, 5.74) is 1.18. The van der Waals surface area contributed by atoms with Gasteiger partial charge in [0.1, 0.15) is 0 Å². The average Bonchev–Trinajstić information content (AvgIpc) is 2.45. The molecule has 0 fully saturated rings. The molecule has 21 heavy (non-hydrogen) atoms. The summed E-state index contributed by atoms with van der Waals surface area (Å²) in [6, 6.07) is 5.96. The van der Waals surface area contributed by atoms with Gasteiger partial charge in [-0.2, -0.15) is 0 Å². The fraction of sp³-hybridized carbons (Fsp3) is 0.429. The minimum atomic E-state index is -1.82. The number of methoxy groups -OCH3 is 1. The third kappa shape index (κ3) is 8.48. The monoisotopic (exact) mass is 299 g/mol. The van der Waals surface area contributed by atoms with Crippen molar-refractivity contribution in [2.45, 2.75) is 13.3 Å². The summed E-state index contributed by atoms with van der Waals surface area (Å²) in [4.78, 5) is 18.2. The van der Waals surface area contributed by atoms with E-state index in [-0.39, 0.29) is 0 Å². The molecule has 0 aliphatic carbocycles. The summed E-state index contributed by atoms with van der Waals surface area (Å²) in [6.07, 6.45) is 0.994. The third-order valence-electron chi connectivity index (χ3n) is 2.33. The van der Waals surface area contributed by atoms with E-state index in [1.165, 1.54) is 5.56 Å². The molecule has 0 aromatic heterocycles. The van der Waals surface area contributed by atoms with Gasteiger partial charge in [-0.05, 0) is 44.6 Å². The Morgan fingerprint density at radius 1 is 1.19 bits per heavy atom. The number of aryl methyl sites for hydroxylation is 1. The Labute approximate surface area is 123 Å². The lowest BCUT2D eigenvalue weighted by Gasteiger charge is -2.10.